The van der Waals surface area contributed by atoms with E-state index in [4.69, 9.17) is 4.74 Å². The van der Waals surface area contributed by atoms with Gasteiger partial charge in [0.05, 0.1) is 12.7 Å². The van der Waals surface area contributed by atoms with Crippen LogP contribution < -0.4 is 4.74 Å². The molecule has 2 rings (SSSR count). The molecule has 2 heteroatoms. The summed E-state index contributed by atoms with van der Waals surface area (Å²) in [6.07, 6.45) is 5.55. The Morgan fingerprint density at radius 2 is 1.50 bits per heavy atom. The first-order chi connectivity index (χ1) is 15.1. The number of hydrogen-bond donors (Lipinski definition) is 1. The van der Waals surface area contributed by atoms with E-state index in [0.29, 0.717) is 0 Å². The second-order valence-corrected chi connectivity index (χ2v) is 10.4. The average molecular weight is 439 g/mol. The second-order valence-electron chi connectivity index (χ2n) is 10.4. The first-order valence-electron chi connectivity index (χ1n) is 12.7. The SMILES string of the molecule is CCCOc1ccc(C(CC)(CC)c2ccc(CCC(O)C(C)(C)C)c(C)c2)cc1CC. The van der Waals surface area contributed by atoms with Crippen molar-refractivity contribution < 1.29 is 9.84 Å². The number of aliphatic hydroxyl groups excluding tert-OH is 1. The van der Waals surface area contributed by atoms with Gasteiger partial charge in [-0.3, -0.25) is 0 Å². The fourth-order valence-electron chi connectivity index (χ4n) is 4.74. The highest BCUT2D eigenvalue weighted by Gasteiger charge is 2.31. The second kappa shape index (κ2) is 11.4. The van der Waals surface area contributed by atoms with E-state index in [1.54, 1.807) is 0 Å². The van der Waals surface area contributed by atoms with Gasteiger partial charge in [0.15, 0.2) is 0 Å². The Morgan fingerprint density at radius 1 is 0.875 bits per heavy atom. The van der Waals surface area contributed by atoms with Crippen molar-refractivity contribution in [1.82, 2.24) is 0 Å². The zero-order valence-electron chi connectivity index (χ0n) is 21.8. The van der Waals surface area contributed by atoms with Crippen molar-refractivity contribution in [3.05, 3.63) is 64.2 Å². The van der Waals surface area contributed by atoms with Crippen LogP contribution in [0.1, 0.15) is 102 Å². The minimum Gasteiger partial charge on any atom is -0.493 e. The van der Waals surface area contributed by atoms with Gasteiger partial charge < -0.3 is 9.84 Å². The van der Waals surface area contributed by atoms with Crippen LogP contribution in [0.25, 0.3) is 0 Å². The third-order valence-electron chi connectivity index (χ3n) is 7.24. The van der Waals surface area contributed by atoms with Crippen LogP contribution in [-0.2, 0) is 18.3 Å². The van der Waals surface area contributed by atoms with E-state index in [1.165, 1.54) is 27.8 Å². The van der Waals surface area contributed by atoms with Crippen LogP contribution in [0.3, 0.4) is 0 Å². The Labute approximate surface area is 197 Å². The Bertz CT molecular complexity index is 856. The van der Waals surface area contributed by atoms with Gasteiger partial charge in [-0.1, -0.05) is 78.8 Å². The summed E-state index contributed by atoms with van der Waals surface area (Å²) in [5.74, 6) is 1.03. The topological polar surface area (TPSA) is 29.5 Å². The molecular weight excluding hydrogens is 392 g/mol. The van der Waals surface area contributed by atoms with Gasteiger partial charge in [-0.2, -0.15) is 0 Å². The monoisotopic (exact) mass is 438 g/mol. The van der Waals surface area contributed by atoms with Crippen LogP contribution in [0.2, 0.25) is 0 Å². The summed E-state index contributed by atoms with van der Waals surface area (Å²) in [5, 5.41) is 10.5. The molecule has 0 saturated heterocycles. The molecule has 0 saturated carbocycles. The minimum atomic E-state index is -0.284. The van der Waals surface area contributed by atoms with E-state index in [-0.39, 0.29) is 16.9 Å². The zero-order chi connectivity index (χ0) is 23.9. The third-order valence-corrected chi connectivity index (χ3v) is 7.24. The highest BCUT2D eigenvalue weighted by Crippen LogP contribution is 2.41. The molecule has 0 radical (unpaired) electrons. The van der Waals surface area contributed by atoms with Crippen molar-refractivity contribution in [2.45, 2.75) is 105 Å². The number of rotatable bonds is 11. The molecule has 0 aliphatic carbocycles. The van der Waals surface area contributed by atoms with E-state index >= 15 is 0 Å². The van der Waals surface area contributed by atoms with Crippen molar-refractivity contribution in [1.29, 1.82) is 0 Å². The fraction of sp³-hybridized carbons (Fsp3) is 0.600. The lowest BCUT2D eigenvalue weighted by Gasteiger charge is -2.34. The Hall–Kier alpha value is -1.80. The normalized spacial score (nSPS) is 13.3. The molecule has 0 spiro atoms. The van der Waals surface area contributed by atoms with Crippen molar-refractivity contribution in [2.24, 2.45) is 5.41 Å². The molecule has 0 heterocycles. The van der Waals surface area contributed by atoms with Crippen molar-refractivity contribution in [3.63, 3.8) is 0 Å². The maximum absolute atomic E-state index is 10.5. The molecule has 178 valence electrons. The van der Waals surface area contributed by atoms with E-state index < -0.39 is 0 Å². The summed E-state index contributed by atoms with van der Waals surface area (Å²) in [4.78, 5) is 0. The van der Waals surface area contributed by atoms with Crippen LogP contribution >= 0.6 is 0 Å². The van der Waals surface area contributed by atoms with E-state index in [1.807, 2.05) is 0 Å². The predicted octanol–water partition coefficient (Wildman–Crippen LogP) is 7.79. The van der Waals surface area contributed by atoms with Gasteiger partial charge >= 0.3 is 0 Å². The highest BCUT2D eigenvalue weighted by molar-refractivity contribution is 5.47. The van der Waals surface area contributed by atoms with Crippen LogP contribution in [0, 0.1) is 12.3 Å². The molecule has 0 aliphatic heterocycles. The first-order valence-corrected chi connectivity index (χ1v) is 12.7. The molecule has 1 unspecified atom stereocenters. The molecule has 0 amide bonds. The molecule has 32 heavy (non-hydrogen) atoms. The summed E-state index contributed by atoms with van der Waals surface area (Å²) in [6, 6.07) is 13.8. The number of aryl methyl sites for hydroxylation is 3. The number of benzene rings is 2. The van der Waals surface area contributed by atoms with Gasteiger partial charge in [0.1, 0.15) is 5.75 Å². The average Bonchev–Trinajstić information content (AvgIpc) is 2.77. The quantitative estimate of drug-likeness (QED) is 0.388. The Kier molecular flexibility index (Phi) is 9.40. The molecular formula is C30H46O2. The van der Waals surface area contributed by atoms with Crippen LogP contribution in [0.5, 0.6) is 5.75 Å². The summed E-state index contributed by atoms with van der Waals surface area (Å²) in [6.45, 7) is 18.3. The molecule has 1 N–H and O–H groups in total. The van der Waals surface area contributed by atoms with Crippen LogP contribution in [0.15, 0.2) is 36.4 Å². The molecule has 0 aliphatic rings. The number of ether oxygens (including phenoxy) is 1. The third kappa shape index (κ3) is 5.95. The van der Waals surface area contributed by atoms with E-state index in [0.717, 1.165) is 50.9 Å². The maximum atomic E-state index is 10.5. The summed E-state index contributed by atoms with van der Waals surface area (Å²) in [5.41, 5.74) is 6.68. The predicted molar refractivity (Wildman–Crippen MR) is 138 cm³/mol. The Balaban J connectivity index is 2.38. The lowest BCUT2D eigenvalue weighted by atomic mass is 9.69. The standard InChI is InChI=1S/C30H46O2/c1-9-19-32-27-17-16-26(21-23(27)10-2)30(11-3,12-4)25-15-13-24(22(5)20-25)14-18-28(31)29(6,7)8/h13,15-17,20-21,28,31H,9-12,14,18-19H2,1-8H3. The van der Waals surface area contributed by atoms with E-state index in [9.17, 15) is 5.11 Å². The summed E-state index contributed by atoms with van der Waals surface area (Å²) < 4.78 is 6.00. The van der Waals surface area contributed by atoms with Crippen molar-refractivity contribution >= 4 is 0 Å². The van der Waals surface area contributed by atoms with Gasteiger partial charge in [0, 0.05) is 5.41 Å². The van der Waals surface area contributed by atoms with Gasteiger partial charge in [0.2, 0.25) is 0 Å². The maximum Gasteiger partial charge on any atom is 0.122 e. The van der Waals surface area contributed by atoms with Crippen molar-refractivity contribution in [3.8, 4) is 5.75 Å². The zero-order valence-corrected chi connectivity index (χ0v) is 21.8. The molecule has 2 nitrogen and oxygen atoms in total. The van der Waals surface area contributed by atoms with Crippen molar-refractivity contribution in [2.75, 3.05) is 6.61 Å². The molecule has 2 aromatic carbocycles. The summed E-state index contributed by atoms with van der Waals surface area (Å²) in [7, 11) is 0. The van der Waals surface area contributed by atoms with E-state index in [2.05, 4.69) is 91.8 Å². The molecule has 0 bridgehead atoms. The minimum absolute atomic E-state index is 0.00141. The molecule has 0 aromatic heterocycles. The van der Waals surface area contributed by atoms with Gasteiger partial charge in [-0.25, -0.2) is 0 Å². The highest BCUT2D eigenvalue weighted by atomic mass is 16.5. The van der Waals surface area contributed by atoms with Gasteiger partial charge in [-0.15, -0.1) is 0 Å². The number of hydrogen-bond acceptors (Lipinski definition) is 2. The van der Waals surface area contributed by atoms with Gasteiger partial charge in [0.25, 0.3) is 0 Å². The Morgan fingerprint density at radius 3 is 2.03 bits per heavy atom. The summed E-state index contributed by atoms with van der Waals surface area (Å²) >= 11 is 0. The smallest absolute Gasteiger partial charge is 0.122 e. The van der Waals surface area contributed by atoms with Gasteiger partial charge in [-0.05, 0) is 84.7 Å². The lowest BCUT2D eigenvalue weighted by molar-refractivity contribution is 0.0560. The van der Waals surface area contributed by atoms with Crippen LogP contribution in [0.4, 0.5) is 0 Å². The molecule has 0 fully saturated rings. The number of aliphatic hydroxyl groups is 1. The molecule has 1 atom stereocenters. The molecule has 2 aromatic rings. The first kappa shape index (κ1) is 26.5. The van der Waals surface area contributed by atoms with Crippen LogP contribution in [-0.4, -0.2) is 17.8 Å². The lowest BCUT2D eigenvalue weighted by Crippen LogP contribution is -2.27. The fourth-order valence-corrected chi connectivity index (χ4v) is 4.74. The largest absolute Gasteiger partial charge is 0.493 e.